The number of nitrogens with one attached hydrogen (secondary N) is 1. The van der Waals surface area contributed by atoms with Crippen LogP contribution in [0.15, 0.2) is 54.7 Å². The van der Waals surface area contributed by atoms with Crippen LogP contribution in [0.3, 0.4) is 0 Å². The summed E-state index contributed by atoms with van der Waals surface area (Å²) in [6, 6.07) is 13.2. The number of aromatic nitrogens is 1. The van der Waals surface area contributed by atoms with Crippen molar-refractivity contribution in [2.45, 2.75) is 18.5 Å². The molecule has 23 heavy (non-hydrogen) atoms. The van der Waals surface area contributed by atoms with Gasteiger partial charge in [-0.25, -0.2) is 0 Å². The lowest BCUT2D eigenvalue weighted by Crippen LogP contribution is -2.15. The quantitative estimate of drug-likeness (QED) is 0.732. The van der Waals surface area contributed by atoms with E-state index < -0.39 is 11.7 Å². The summed E-state index contributed by atoms with van der Waals surface area (Å²) in [5.74, 6) is 0.0582. The Kier molecular flexibility index (Phi) is 4.13. The van der Waals surface area contributed by atoms with Crippen LogP contribution < -0.4 is 5.73 Å². The van der Waals surface area contributed by atoms with Gasteiger partial charge in [0, 0.05) is 23.0 Å². The molecule has 1 aromatic heterocycles. The Morgan fingerprint density at radius 2 is 1.70 bits per heavy atom. The van der Waals surface area contributed by atoms with Crippen molar-refractivity contribution >= 4 is 10.9 Å². The Morgan fingerprint density at radius 3 is 2.35 bits per heavy atom. The highest BCUT2D eigenvalue weighted by Gasteiger charge is 2.30. The molecule has 3 aromatic rings. The van der Waals surface area contributed by atoms with Crippen molar-refractivity contribution in [3.05, 3.63) is 71.4 Å². The van der Waals surface area contributed by atoms with Gasteiger partial charge >= 0.3 is 6.18 Å². The Bertz CT molecular complexity index is 788. The lowest BCUT2D eigenvalue weighted by atomic mass is 9.91. The minimum Gasteiger partial charge on any atom is -0.361 e. The molecule has 1 heterocycles. The summed E-state index contributed by atoms with van der Waals surface area (Å²) in [6.07, 6.45) is -1.76. The molecule has 0 amide bonds. The van der Waals surface area contributed by atoms with Crippen molar-refractivity contribution < 1.29 is 13.2 Å². The van der Waals surface area contributed by atoms with E-state index in [0.29, 0.717) is 13.0 Å². The van der Waals surface area contributed by atoms with E-state index in [-0.39, 0.29) is 5.92 Å². The number of rotatable bonds is 4. The second-order valence-corrected chi connectivity index (χ2v) is 5.62. The fourth-order valence-corrected chi connectivity index (χ4v) is 2.87. The molecule has 0 fully saturated rings. The van der Waals surface area contributed by atoms with Gasteiger partial charge in [-0.2, -0.15) is 13.2 Å². The molecule has 2 nitrogen and oxygen atoms in total. The summed E-state index contributed by atoms with van der Waals surface area (Å²) < 4.78 is 37.9. The smallest absolute Gasteiger partial charge is 0.361 e. The Labute approximate surface area is 132 Å². The maximum atomic E-state index is 12.6. The summed E-state index contributed by atoms with van der Waals surface area (Å²) >= 11 is 0. The van der Waals surface area contributed by atoms with E-state index in [1.807, 2.05) is 30.5 Å². The third-order valence-corrected chi connectivity index (χ3v) is 4.11. The first-order chi connectivity index (χ1) is 11.0. The maximum Gasteiger partial charge on any atom is 0.416 e. The summed E-state index contributed by atoms with van der Waals surface area (Å²) in [5, 5.41) is 1.11. The highest BCUT2D eigenvalue weighted by molar-refractivity contribution is 5.83. The minimum atomic E-state index is -4.30. The normalized spacial score (nSPS) is 13.4. The monoisotopic (exact) mass is 318 g/mol. The number of halogens is 3. The van der Waals surface area contributed by atoms with E-state index in [1.165, 1.54) is 12.1 Å². The zero-order valence-electron chi connectivity index (χ0n) is 12.4. The Hall–Kier alpha value is -2.27. The molecular weight excluding hydrogens is 301 g/mol. The first-order valence-corrected chi connectivity index (χ1v) is 7.41. The van der Waals surface area contributed by atoms with Gasteiger partial charge in [0.2, 0.25) is 0 Å². The molecule has 3 N–H and O–H groups in total. The third kappa shape index (κ3) is 3.24. The predicted molar refractivity (Wildman–Crippen MR) is 85.2 cm³/mol. The first kappa shape index (κ1) is 15.6. The second kappa shape index (κ2) is 6.08. The Morgan fingerprint density at radius 1 is 1.00 bits per heavy atom. The number of para-hydroxylation sites is 1. The van der Waals surface area contributed by atoms with Crippen LogP contribution in [-0.4, -0.2) is 11.5 Å². The number of nitrogens with two attached hydrogens (primary N) is 1. The molecule has 1 unspecified atom stereocenters. The fourth-order valence-electron chi connectivity index (χ4n) is 2.87. The van der Waals surface area contributed by atoms with Gasteiger partial charge in [-0.15, -0.1) is 0 Å². The van der Waals surface area contributed by atoms with E-state index in [0.717, 1.165) is 34.2 Å². The van der Waals surface area contributed by atoms with Gasteiger partial charge in [-0.3, -0.25) is 0 Å². The molecule has 0 aliphatic heterocycles. The number of benzene rings is 2. The van der Waals surface area contributed by atoms with E-state index in [1.54, 1.807) is 0 Å². The summed E-state index contributed by atoms with van der Waals surface area (Å²) in [5.41, 5.74) is 8.26. The molecule has 5 heteroatoms. The number of fused-ring (bicyclic) bond motifs is 1. The molecule has 0 radical (unpaired) electrons. The second-order valence-electron chi connectivity index (χ2n) is 5.62. The van der Waals surface area contributed by atoms with E-state index in [2.05, 4.69) is 4.98 Å². The average molecular weight is 318 g/mol. The third-order valence-electron chi connectivity index (χ3n) is 4.11. The summed E-state index contributed by atoms with van der Waals surface area (Å²) in [6.45, 7) is 0.433. The molecule has 2 aromatic carbocycles. The molecular formula is C18H17F3N2. The molecule has 0 spiro atoms. The van der Waals surface area contributed by atoms with Crippen LogP contribution in [0.1, 0.15) is 22.6 Å². The molecule has 0 bridgehead atoms. The lowest BCUT2D eigenvalue weighted by Gasteiger charge is -2.15. The van der Waals surface area contributed by atoms with Gasteiger partial charge in [0.15, 0.2) is 0 Å². The van der Waals surface area contributed by atoms with Crippen LogP contribution in [0.25, 0.3) is 10.9 Å². The number of aromatic amines is 1. The highest BCUT2D eigenvalue weighted by atomic mass is 19.4. The minimum absolute atomic E-state index is 0.0582. The largest absolute Gasteiger partial charge is 0.416 e. The highest BCUT2D eigenvalue weighted by Crippen LogP contribution is 2.31. The first-order valence-electron chi connectivity index (χ1n) is 7.41. The van der Waals surface area contributed by atoms with Crippen LogP contribution in [0, 0.1) is 0 Å². The van der Waals surface area contributed by atoms with Gasteiger partial charge in [0.25, 0.3) is 0 Å². The standard InChI is InChI=1S/C18H17F3N2/c19-18(20,21)14-7-5-12(6-8-14)9-13(10-22)16-11-23-17-4-2-1-3-15(16)17/h1-8,11,13,23H,9-10,22H2. The molecule has 0 saturated carbocycles. The average Bonchev–Trinajstić information content (AvgIpc) is 2.96. The van der Waals surface area contributed by atoms with Gasteiger partial charge in [0.1, 0.15) is 0 Å². The number of H-pyrrole nitrogens is 1. The number of hydrogen-bond acceptors (Lipinski definition) is 1. The van der Waals surface area contributed by atoms with Gasteiger partial charge in [0.05, 0.1) is 5.56 Å². The zero-order chi connectivity index (χ0) is 16.4. The van der Waals surface area contributed by atoms with Crippen molar-refractivity contribution in [2.24, 2.45) is 5.73 Å². The molecule has 0 aliphatic carbocycles. The topological polar surface area (TPSA) is 41.8 Å². The number of hydrogen-bond donors (Lipinski definition) is 2. The lowest BCUT2D eigenvalue weighted by molar-refractivity contribution is -0.137. The van der Waals surface area contributed by atoms with Gasteiger partial charge in [-0.1, -0.05) is 30.3 Å². The fraction of sp³-hybridized carbons (Fsp3) is 0.222. The molecule has 0 aliphatic rings. The van der Waals surface area contributed by atoms with Crippen molar-refractivity contribution in [2.75, 3.05) is 6.54 Å². The predicted octanol–water partition coefficient (Wildman–Crippen LogP) is 4.47. The van der Waals surface area contributed by atoms with E-state index in [9.17, 15) is 13.2 Å². The SMILES string of the molecule is NCC(Cc1ccc(C(F)(F)F)cc1)c1c[nH]c2ccccc12. The van der Waals surface area contributed by atoms with E-state index in [4.69, 9.17) is 5.73 Å². The van der Waals surface area contributed by atoms with Crippen LogP contribution in [0.2, 0.25) is 0 Å². The van der Waals surface area contributed by atoms with Gasteiger partial charge in [-0.05, 0) is 42.3 Å². The van der Waals surface area contributed by atoms with Crippen molar-refractivity contribution in [3.8, 4) is 0 Å². The van der Waals surface area contributed by atoms with Crippen molar-refractivity contribution in [1.29, 1.82) is 0 Å². The van der Waals surface area contributed by atoms with Crippen molar-refractivity contribution in [3.63, 3.8) is 0 Å². The zero-order valence-corrected chi connectivity index (χ0v) is 12.4. The molecule has 120 valence electrons. The molecule has 1 atom stereocenters. The van der Waals surface area contributed by atoms with Crippen LogP contribution in [-0.2, 0) is 12.6 Å². The number of alkyl halides is 3. The maximum absolute atomic E-state index is 12.6. The summed E-state index contributed by atoms with van der Waals surface area (Å²) in [7, 11) is 0. The van der Waals surface area contributed by atoms with Crippen LogP contribution >= 0.6 is 0 Å². The molecule has 3 rings (SSSR count). The van der Waals surface area contributed by atoms with Crippen LogP contribution in [0.4, 0.5) is 13.2 Å². The molecule has 0 saturated heterocycles. The Balaban J connectivity index is 1.85. The van der Waals surface area contributed by atoms with Crippen LogP contribution in [0.5, 0.6) is 0 Å². The summed E-state index contributed by atoms with van der Waals surface area (Å²) in [4.78, 5) is 3.21. The van der Waals surface area contributed by atoms with Crippen molar-refractivity contribution in [1.82, 2.24) is 4.98 Å². The van der Waals surface area contributed by atoms with Gasteiger partial charge < -0.3 is 10.7 Å². The van der Waals surface area contributed by atoms with E-state index >= 15 is 0 Å².